The van der Waals surface area contributed by atoms with Gasteiger partial charge < -0.3 is 4.52 Å². The summed E-state index contributed by atoms with van der Waals surface area (Å²) < 4.78 is 65.0. The molecule has 1 nitrogen and oxygen atoms in total. The Morgan fingerprint density at radius 3 is 1.24 bits per heavy atom. The van der Waals surface area contributed by atoms with Crippen LogP contribution in [0.25, 0.3) is 33.4 Å². The Hall–Kier alpha value is -2.88. The molecule has 33 heavy (non-hydrogen) atoms. The molecule has 4 aromatic carbocycles. The molecule has 0 radical (unpaired) electrons. The summed E-state index contributed by atoms with van der Waals surface area (Å²) in [7, 11) is -9.14. The Morgan fingerprint density at radius 1 is 0.485 bits per heavy atom. The van der Waals surface area contributed by atoms with Crippen molar-refractivity contribution in [2.45, 2.75) is 0 Å². The van der Waals surface area contributed by atoms with E-state index in [1.54, 1.807) is 0 Å². The molecule has 0 aliphatic carbocycles. The molecule has 0 bridgehead atoms. The van der Waals surface area contributed by atoms with Crippen molar-refractivity contribution in [1.82, 2.24) is 0 Å². The molecular weight excluding hydrogens is 480 g/mol. The van der Waals surface area contributed by atoms with Gasteiger partial charge in [0.05, 0.1) is 0 Å². The van der Waals surface area contributed by atoms with Crippen molar-refractivity contribution >= 4 is 17.3 Å². The Kier molecular flexibility index (Phi) is 6.61. The van der Waals surface area contributed by atoms with Gasteiger partial charge in [-0.1, -0.05) is 91.0 Å². The molecule has 0 aromatic heterocycles. The number of rotatable bonds is 4. The zero-order chi connectivity index (χ0) is 24.2. The fourth-order valence-electron chi connectivity index (χ4n) is 3.36. The van der Waals surface area contributed by atoms with Gasteiger partial charge in [0.25, 0.3) is 0 Å². The van der Waals surface area contributed by atoms with E-state index in [1.165, 1.54) is 31.7 Å². The Labute approximate surface area is 189 Å². The second-order valence-electron chi connectivity index (χ2n) is 7.06. The predicted octanol–water partition coefficient (Wildman–Crippen LogP) is 9.97. The molecule has 0 saturated carbocycles. The average molecular weight is 500 g/mol. The summed E-state index contributed by atoms with van der Waals surface area (Å²) in [5.41, 5.74) is 7.09. The molecule has 0 aliphatic rings. The second kappa shape index (κ2) is 8.81. The standard InChI is InChI=1S/C24H20OP.F6P/c26-25-22-17-16-21(18-10-4-1-5-11-18)23(19-12-6-2-7-13-19)24(22)20-14-8-3-9-15-20;1-7(2,3,4,5)6/h1-17H,26H3;/q+1;-1. The Morgan fingerprint density at radius 2 is 0.848 bits per heavy atom. The smallest absolute Gasteiger partial charge is 0.180 e. The molecule has 0 saturated heterocycles. The molecule has 0 fully saturated rings. The van der Waals surface area contributed by atoms with Crippen LogP contribution < -0.4 is 4.52 Å². The third kappa shape index (κ3) is 7.88. The molecule has 174 valence electrons. The first kappa shape index (κ1) is 24.8. The van der Waals surface area contributed by atoms with Crippen LogP contribution >= 0.6 is 17.3 Å². The minimum absolute atomic E-state index is 0.896. The van der Waals surface area contributed by atoms with Crippen molar-refractivity contribution in [3.8, 4) is 39.1 Å². The summed E-state index contributed by atoms with van der Waals surface area (Å²) in [5, 5.41) is 0. The van der Waals surface area contributed by atoms with Crippen molar-refractivity contribution < 1.29 is 29.7 Å². The summed E-state index contributed by atoms with van der Waals surface area (Å²) in [6.45, 7) is 0. The van der Waals surface area contributed by atoms with Crippen molar-refractivity contribution in [1.29, 1.82) is 0 Å². The summed E-state index contributed by atoms with van der Waals surface area (Å²) in [6.07, 6.45) is 0. The van der Waals surface area contributed by atoms with Crippen LogP contribution in [0.4, 0.5) is 25.2 Å². The quantitative estimate of drug-likeness (QED) is 0.200. The van der Waals surface area contributed by atoms with E-state index in [-0.39, 0.29) is 0 Å². The van der Waals surface area contributed by atoms with E-state index >= 15 is 0 Å². The zero-order valence-corrected chi connectivity index (χ0v) is 19.5. The maximum absolute atomic E-state index is 10.7. The largest absolute Gasteiger partial charge is 0.358 e. The molecule has 9 heteroatoms. The van der Waals surface area contributed by atoms with Gasteiger partial charge >= 0.3 is 33.0 Å². The van der Waals surface area contributed by atoms with Gasteiger partial charge in [-0.3, -0.25) is 0 Å². The van der Waals surface area contributed by atoms with Gasteiger partial charge in [0.1, 0.15) is 0 Å². The van der Waals surface area contributed by atoms with Gasteiger partial charge in [-0.15, -0.1) is 0 Å². The SMILES string of the molecule is F[P-](F)(F)(F)(F)F.[PH3+]Oc1ccc(-c2ccccc2)c(-c2ccccc2)c1-c1ccccc1. The van der Waals surface area contributed by atoms with E-state index in [9.17, 15) is 25.2 Å². The number of hydrogen-bond acceptors (Lipinski definition) is 1. The van der Waals surface area contributed by atoms with Crippen LogP contribution in [0.1, 0.15) is 0 Å². The average Bonchev–Trinajstić information content (AvgIpc) is 2.78. The van der Waals surface area contributed by atoms with E-state index < -0.39 is 7.81 Å². The van der Waals surface area contributed by atoms with E-state index in [1.807, 2.05) is 6.07 Å². The van der Waals surface area contributed by atoms with Crippen molar-refractivity contribution in [3.05, 3.63) is 103 Å². The Bertz CT molecular complexity index is 1200. The molecule has 1 unspecified atom stereocenters. The summed E-state index contributed by atoms with van der Waals surface area (Å²) >= 11 is 0. The number of halogens is 6. The van der Waals surface area contributed by atoms with Gasteiger partial charge in [0.15, 0.2) is 15.2 Å². The monoisotopic (exact) mass is 500 g/mol. The summed E-state index contributed by atoms with van der Waals surface area (Å²) in [4.78, 5) is 0. The van der Waals surface area contributed by atoms with Crippen LogP contribution in [-0.2, 0) is 0 Å². The van der Waals surface area contributed by atoms with Crippen LogP contribution in [0.3, 0.4) is 0 Å². The third-order valence-corrected chi connectivity index (χ3v) is 4.84. The summed E-state index contributed by atoms with van der Waals surface area (Å²) in [6, 6.07) is 35.8. The number of benzene rings is 4. The van der Waals surface area contributed by atoms with Crippen LogP contribution in [-0.4, -0.2) is 0 Å². The fraction of sp³-hybridized carbons (Fsp3) is 0. The fourth-order valence-corrected chi connectivity index (χ4v) is 3.60. The predicted molar refractivity (Wildman–Crippen MR) is 128 cm³/mol. The third-order valence-electron chi connectivity index (χ3n) is 4.53. The van der Waals surface area contributed by atoms with E-state index in [4.69, 9.17) is 4.52 Å². The van der Waals surface area contributed by atoms with Crippen molar-refractivity contribution in [3.63, 3.8) is 0 Å². The number of hydrogen-bond donors (Lipinski definition) is 0. The van der Waals surface area contributed by atoms with E-state index in [0.717, 1.165) is 16.9 Å². The van der Waals surface area contributed by atoms with Gasteiger partial charge in [-0.2, -0.15) is 0 Å². The summed E-state index contributed by atoms with van der Waals surface area (Å²) in [5.74, 6) is 0.896. The maximum Gasteiger partial charge on any atom is 0.180 e. The molecule has 0 amide bonds. The van der Waals surface area contributed by atoms with Crippen molar-refractivity contribution in [2.24, 2.45) is 0 Å². The van der Waals surface area contributed by atoms with Crippen molar-refractivity contribution in [2.75, 3.05) is 0 Å². The van der Waals surface area contributed by atoms with Crippen LogP contribution in [0.5, 0.6) is 5.75 Å². The molecule has 1 atom stereocenters. The first-order valence-electron chi connectivity index (χ1n) is 9.65. The molecular formula is C24H20F6OP2. The molecule has 4 rings (SSSR count). The minimum atomic E-state index is -10.7. The topological polar surface area (TPSA) is 9.23 Å². The van der Waals surface area contributed by atoms with Crippen LogP contribution in [0, 0.1) is 0 Å². The molecule has 4 aromatic rings. The van der Waals surface area contributed by atoms with E-state index in [0.29, 0.717) is 0 Å². The van der Waals surface area contributed by atoms with E-state index in [2.05, 4.69) is 97.1 Å². The van der Waals surface area contributed by atoms with Gasteiger partial charge in [-0.25, -0.2) is 0 Å². The van der Waals surface area contributed by atoms with Crippen LogP contribution in [0.15, 0.2) is 103 Å². The molecule has 0 aliphatic heterocycles. The zero-order valence-electron chi connectivity index (χ0n) is 17.1. The Balaban J connectivity index is 0.000000383. The first-order valence-corrected chi connectivity index (χ1v) is 12.3. The molecule has 0 heterocycles. The van der Waals surface area contributed by atoms with Crippen LogP contribution in [0.2, 0.25) is 0 Å². The maximum atomic E-state index is 9.87. The first-order chi connectivity index (χ1) is 15.3. The minimum Gasteiger partial charge on any atom is -0.358 e. The second-order valence-corrected chi connectivity index (χ2v) is 9.27. The van der Waals surface area contributed by atoms with Gasteiger partial charge in [-0.05, 0) is 34.4 Å². The molecule has 0 N–H and O–H groups in total. The molecule has 0 spiro atoms. The van der Waals surface area contributed by atoms with Gasteiger partial charge in [0.2, 0.25) is 0 Å². The normalized spacial score (nSPS) is 13.3. The van der Waals surface area contributed by atoms with Gasteiger partial charge in [0, 0.05) is 11.1 Å².